The van der Waals surface area contributed by atoms with Crippen molar-refractivity contribution in [3.05, 3.63) is 65.9 Å². The summed E-state index contributed by atoms with van der Waals surface area (Å²) in [5, 5.41) is 20.4. The van der Waals surface area contributed by atoms with Crippen molar-refractivity contribution < 1.29 is 14.6 Å². The Bertz CT molecular complexity index is 934. The molecule has 0 aliphatic rings. The Kier molecular flexibility index (Phi) is 5.28. The summed E-state index contributed by atoms with van der Waals surface area (Å²) in [4.78, 5) is 12.2. The first-order valence-electron chi connectivity index (χ1n) is 8.08. The first kappa shape index (κ1) is 17.2. The number of hydrazone groups is 1. The minimum absolute atomic E-state index is 0.0851. The van der Waals surface area contributed by atoms with E-state index in [9.17, 15) is 9.90 Å². The lowest BCUT2D eigenvalue weighted by atomic mass is 10.1. The van der Waals surface area contributed by atoms with Gasteiger partial charge in [0.15, 0.2) is 0 Å². The van der Waals surface area contributed by atoms with Crippen LogP contribution < -0.4 is 10.2 Å². The standard InChI is InChI=1S/C19H18N4O3/c1-2-26-18-10-6-4-8-14(18)15-11-16(22-21-15)19(25)23-20-12-13-7-3-5-9-17(13)24/h3-12,24H,2H2,1H3,(H,21,22)(H,23,25)/b20-12-. The van der Waals surface area contributed by atoms with Crippen LogP contribution in [-0.2, 0) is 0 Å². The summed E-state index contributed by atoms with van der Waals surface area (Å²) in [5.41, 5.74) is 4.56. The van der Waals surface area contributed by atoms with Crippen LogP contribution in [0.1, 0.15) is 23.0 Å². The fourth-order valence-electron chi connectivity index (χ4n) is 2.35. The second-order valence-corrected chi connectivity index (χ2v) is 5.35. The van der Waals surface area contributed by atoms with Crippen molar-refractivity contribution in [2.75, 3.05) is 6.61 Å². The van der Waals surface area contributed by atoms with E-state index in [4.69, 9.17) is 4.74 Å². The van der Waals surface area contributed by atoms with E-state index in [1.807, 2.05) is 31.2 Å². The van der Waals surface area contributed by atoms with Crippen LogP contribution in [0.5, 0.6) is 11.5 Å². The van der Waals surface area contributed by atoms with Crippen molar-refractivity contribution in [2.45, 2.75) is 6.92 Å². The quantitative estimate of drug-likeness (QED) is 0.470. The van der Waals surface area contributed by atoms with Gasteiger partial charge in [0, 0.05) is 11.1 Å². The molecular weight excluding hydrogens is 332 g/mol. The van der Waals surface area contributed by atoms with Crippen molar-refractivity contribution in [1.82, 2.24) is 15.6 Å². The molecule has 26 heavy (non-hydrogen) atoms. The van der Waals surface area contributed by atoms with Crippen LogP contribution in [0.4, 0.5) is 0 Å². The predicted molar refractivity (Wildman–Crippen MR) is 98.4 cm³/mol. The molecule has 3 N–H and O–H groups in total. The third-order valence-electron chi connectivity index (χ3n) is 3.59. The number of aromatic nitrogens is 2. The monoisotopic (exact) mass is 350 g/mol. The van der Waals surface area contributed by atoms with Crippen LogP contribution in [0, 0.1) is 0 Å². The maximum atomic E-state index is 12.2. The fourth-order valence-corrected chi connectivity index (χ4v) is 2.35. The van der Waals surface area contributed by atoms with Gasteiger partial charge in [-0.15, -0.1) is 0 Å². The van der Waals surface area contributed by atoms with Crippen molar-refractivity contribution >= 4 is 12.1 Å². The number of phenolic OH excluding ortho intramolecular Hbond substituents is 1. The number of ether oxygens (including phenoxy) is 1. The number of benzene rings is 2. The Morgan fingerprint density at radius 3 is 2.85 bits per heavy atom. The highest BCUT2D eigenvalue weighted by Crippen LogP contribution is 2.28. The molecule has 0 fully saturated rings. The van der Waals surface area contributed by atoms with E-state index in [2.05, 4.69) is 20.7 Å². The van der Waals surface area contributed by atoms with Gasteiger partial charge < -0.3 is 9.84 Å². The molecule has 0 unspecified atom stereocenters. The van der Waals surface area contributed by atoms with Crippen LogP contribution in [-0.4, -0.2) is 34.0 Å². The van der Waals surface area contributed by atoms with Gasteiger partial charge in [0.05, 0.1) is 18.5 Å². The minimum Gasteiger partial charge on any atom is -0.507 e. The molecule has 0 aliphatic carbocycles. The summed E-state index contributed by atoms with van der Waals surface area (Å²) < 4.78 is 5.58. The Labute approximate surface area is 150 Å². The van der Waals surface area contributed by atoms with Gasteiger partial charge in [-0.3, -0.25) is 9.89 Å². The van der Waals surface area contributed by atoms with Crippen LogP contribution >= 0.6 is 0 Å². The molecule has 0 aliphatic heterocycles. The number of phenols is 1. The predicted octanol–water partition coefficient (Wildman–Crippen LogP) is 2.94. The lowest BCUT2D eigenvalue weighted by Gasteiger charge is -2.07. The van der Waals surface area contributed by atoms with E-state index in [0.717, 1.165) is 5.56 Å². The normalized spacial score (nSPS) is 10.8. The van der Waals surface area contributed by atoms with E-state index in [0.29, 0.717) is 23.6 Å². The number of amides is 1. The van der Waals surface area contributed by atoms with Gasteiger partial charge >= 0.3 is 0 Å². The van der Waals surface area contributed by atoms with Gasteiger partial charge in [0.1, 0.15) is 17.2 Å². The fraction of sp³-hybridized carbons (Fsp3) is 0.105. The maximum Gasteiger partial charge on any atom is 0.289 e. The average Bonchev–Trinajstić information content (AvgIpc) is 3.14. The highest BCUT2D eigenvalue weighted by atomic mass is 16.5. The summed E-state index contributed by atoms with van der Waals surface area (Å²) in [6, 6.07) is 15.8. The van der Waals surface area contributed by atoms with E-state index in [1.165, 1.54) is 6.21 Å². The lowest BCUT2D eigenvalue weighted by Crippen LogP contribution is -2.18. The van der Waals surface area contributed by atoms with Gasteiger partial charge in [0.25, 0.3) is 5.91 Å². The number of rotatable bonds is 6. The minimum atomic E-state index is -0.440. The SMILES string of the molecule is CCOc1ccccc1-c1cc(C(=O)N/N=C\c2ccccc2O)[nH]n1. The molecule has 0 bridgehead atoms. The van der Waals surface area contributed by atoms with Crippen LogP contribution in [0.15, 0.2) is 59.7 Å². The topological polar surface area (TPSA) is 99.6 Å². The third-order valence-corrected chi connectivity index (χ3v) is 3.59. The second-order valence-electron chi connectivity index (χ2n) is 5.35. The number of carbonyl (C=O) groups is 1. The zero-order valence-corrected chi connectivity index (χ0v) is 14.1. The molecule has 2 aromatic carbocycles. The molecular formula is C19H18N4O3. The third kappa shape index (κ3) is 3.89. The van der Waals surface area contributed by atoms with Gasteiger partial charge in [-0.2, -0.15) is 10.2 Å². The van der Waals surface area contributed by atoms with E-state index in [1.54, 1.807) is 30.3 Å². The first-order chi connectivity index (χ1) is 12.7. The molecule has 7 heteroatoms. The zero-order valence-electron chi connectivity index (χ0n) is 14.1. The first-order valence-corrected chi connectivity index (χ1v) is 8.08. The average molecular weight is 350 g/mol. The molecule has 0 spiro atoms. The molecule has 0 atom stereocenters. The van der Waals surface area contributed by atoms with E-state index in [-0.39, 0.29) is 11.4 Å². The molecule has 1 heterocycles. The Morgan fingerprint density at radius 1 is 1.27 bits per heavy atom. The number of carbonyl (C=O) groups excluding carboxylic acids is 1. The molecule has 132 valence electrons. The number of aromatic amines is 1. The van der Waals surface area contributed by atoms with Crippen LogP contribution in [0.3, 0.4) is 0 Å². The molecule has 0 saturated carbocycles. The van der Waals surface area contributed by atoms with Gasteiger partial charge in [-0.25, -0.2) is 5.43 Å². The Hall–Kier alpha value is -3.61. The smallest absolute Gasteiger partial charge is 0.289 e. The molecule has 1 aromatic heterocycles. The van der Waals surface area contributed by atoms with E-state index >= 15 is 0 Å². The Balaban J connectivity index is 1.72. The maximum absolute atomic E-state index is 12.2. The van der Waals surface area contributed by atoms with Crippen LogP contribution in [0.25, 0.3) is 11.3 Å². The summed E-state index contributed by atoms with van der Waals surface area (Å²) >= 11 is 0. The number of nitrogens with one attached hydrogen (secondary N) is 2. The zero-order chi connectivity index (χ0) is 18.4. The number of H-pyrrole nitrogens is 1. The molecule has 0 radical (unpaired) electrons. The summed E-state index contributed by atoms with van der Waals surface area (Å²) in [7, 11) is 0. The number of hydrogen-bond acceptors (Lipinski definition) is 5. The summed E-state index contributed by atoms with van der Waals surface area (Å²) in [5.74, 6) is 0.345. The number of para-hydroxylation sites is 2. The molecule has 0 saturated heterocycles. The Morgan fingerprint density at radius 2 is 2.04 bits per heavy atom. The van der Waals surface area contributed by atoms with Crippen molar-refractivity contribution in [2.24, 2.45) is 5.10 Å². The largest absolute Gasteiger partial charge is 0.507 e. The number of nitrogens with zero attached hydrogens (tertiary/aromatic N) is 2. The van der Waals surface area contributed by atoms with Gasteiger partial charge in [-0.05, 0) is 37.3 Å². The van der Waals surface area contributed by atoms with Crippen molar-refractivity contribution in [3.63, 3.8) is 0 Å². The van der Waals surface area contributed by atoms with Crippen molar-refractivity contribution in [3.8, 4) is 22.8 Å². The second kappa shape index (κ2) is 7.98. The summed E-state index contributed by atoms with van der Waals surface area (Å²) in [6.45, 7) is 2.44. The molecule has 3 aromatic rings. The molecule has 3 rings (SSSR count). The highest BCUT2D eigenvalue weighted by Gasteiger charge is 2.13. The summed E-state index contributed by atoms with van der Waals surface area (Å²) in [6.07, 6.45) is 1.37. The number of hydrogen-bond donors (Lipinski definition) is 3. The highest BCUT2D eigenvalue weighted by molar-refractivity contribution is 5.94. The van der Waals surface area contributed by atoms with Gasteiger partial charge in [-0.1, -0.05) is 24.3 Å². The molecule has 7 nitrogen and oxygen atoms in total. The van der Waals surface area contributed by atoms with Gasteiger partial charge in [0.2, 0.25) is 0 Å². The van der Waals surface area contributed by atoms with E-state index < -0.39 is 5.91 Å². The molecule has 1 amide bonds. The lowest BCUT2D eigenvalue weighted by molar-refractivity contribution is 0.0950. The van der Waals surface area contributed by atoms with Crippen LogP contribution in [0.2, 0.25) is 0 Å². The van der Waals surface area contributed by atoms with Crippen molar-refractivity contribution in [1.29, 1.82) is 0 Å². The number of aromatic hydroxyl groups is 1.